The third kappa shape index (κ3) is 7.30. The molecule has 4 rings (SSSR count). The molecule has 39 heavy (non-hydrogen) atoms. The van der Waals surface area contributed by atoms with Gasteiger partial charge in [-0.15, -0.1) is 11.3 Å². The smallest absolute Gasteiger partial charge is 0.343 e. The Kier molecular flexibility index (Phi) is 9.45. The van der Waals surface area contributed by atoms with Gasteiger partial charge in [0.25, 0.3) is 0 Å². The largest absolute Gasteiger partial charge is 0.462 e. The zero-order valence-electron chi connectivity index (χ0n) is 21.1. The van der Waals surface area contributed by atoms with Crippen molar-refractivity contribution in [2.45, 2.75) is 39.0 Å². The van der Waals surface area contributed by atoms with Crippen LogP contribution in [0, 0.1) is 0 Å². The maximum atomic E-state index is 12.6. The summed E-state index contributed by atoms with van der Waals surface area (Å²) >= 11 is 7.14. The van der Waals surface area contributed by atoms with E-state index in [4.69, 9.17) is 21.1 Å². The van der Waals surface area contributed by atoms with Crippen molar-refractivity contribution < 1.29 is 28.7 Å². The van der Waals surface area contributed by atoms with E-state index < -0.39 is 23.8 Å². The van der Waals surface area contributed by atoms with E-state index in [2.05, 4.69) is 15.8 Å². The number of thiophene rings is 1. The van der Waals surface area contributed by atoms with Gasteiger partial charge in [-0.2, -0.15) is 5.10 Å². The highest BCUT2D eigenvalue weighted by Gasteiger charge is 2.27. The van der Waals surface area contributed by atoms with Crippen LogP contribution in [0.25, 0.3) is 0 Å². The molecule has 0 saturated heterocycles. The number of carbonyl (C=O) groups is 4. The second kappa shape index (κ2) is 13.2. The third-order valence-electron chi connectivity index (χ3n) is 5.88. The predicted molar refractivity (Wildman–Crippen MR) is 149 cm³/mol. The Morgan fingerprint density at radius 3 is 2.38 bits per heavy atom. The molecule has 2 N–H and O–H groups in total. The van der Waals surface area contributed by atoms with Crippen LogP contribution in [-0.4, -0.2) is 36.6 Å². The van der Waals surface area contributed by atoms with Gasteiger partial charge < -0.3 is 14.8 Å². The van der Waals surface area contributed by atoms with E-state index in [1.165, 1.54) is 17.6 Å². The fraction of sp³-hybridized carbons (Fsp3) is 0.250. The highest BCUT2D eigenvalue weighted by molar-refractivity contribution is 7.17. The molecule has 3 aromatic rings. The summed E-state index contributed by atoms with van der Waals surface area (Å²) < 4.78 is 10.5. The van der Waals surface area contributed by atoms with E-state index in [0.29, 0.717) is 32.5 Å². The minimum atomic E-state index is -0.988. The second-order valence-electron chi connectivity index (χ2n) is 8.61. The van der Waals surface area contributed by atoms with Gasteiger partial charge in [0.15, 0.2) is 0 Å². The lowest BCUT2D eigenvalue weighted by molar-refractivity contribution is -0.136. The van der Waals surface area contributed by atoms with Crippen molar-refractivity contribution in [1.82, 2.24) is 5.43 Å². The number of hydrazone groups is 1. The highest BCUT2D eigenvalue weighted by atomic mass is 35.5. The van der Waals surface area contributed by atoms with Gasteiger partial charge in [0, 0.05) is 9.90 Å². The van der Waals surface area contributed by atoms with Crippen LogP contribution >= 0.6 is 22.9 Å². The van der Waals surface area contributed by atoms with Crippen molar-refractivity contribution in [3.05, 3.63) is 80.7 Å². The van der Waals surface area contributed by atoms with E-state index in [1.807, 2.05) is 0 Å². The molecule has 0 bridgehead atoms. The predicted octanol–water partition coefficient (Wildman–Crippen LogP) is 5.16. The summed E-state index contributed by atoms with van der Waals surface area (Å²) in [5.41, 5.74) is 4.36. The maximum Gasteiger partial charge on any atom is 0.343 e. The second-order valence-corrected chi connectivity index (χ2v) is 10.1. The molecule has 1 aromatic heterocycles. The minimum Gasteiger partial charge on any atom is -0.462 e. The molecule has 0 saturated carbocycles. The number of aryl methyl sites for hydroxylation is 1. The van der Waals surface area contributed by atoms with Crippen LogP contribution < -0.4 is 15.5 Å². The van der Waals surface area contributed by atoms with Crippen molar-refractivity contribution in [2.24, 2.45) is 5.10 Å². The number of fused-ring (bicyclic) bond motifs is 1. The first-order valence-corrected chi connectivity index (χ1v) is 13.6. The molecule has 0 aliphatic heterocycles. The van der Waals surface area contributed by atoms with Gasteiger partial charge in [-0.05, 0) is 92.3 Å². The number of hydrogen-bond acceptors (Lipinski definition) is 8. The lowest BCUT2D eigenvalue weighted by Crippen LogP contribution is -2.32. The normalized spacial score (nSPS) is 12.8. The van der Waals surface area contributed by atoms with Gasteiger partial charge in [-0.3, -0.25) is 9.59 Å². The van der Waals surface area contributed by atoms with Gasteiger partial charge in [0.1, 0.15) is 10.8 Å². The standard InChI is InChI=1S/C28H26ClN3O6S/c1-2-37-28(36)23-21-6-4-3-5-7-22(21)39-26(23)31-24(33)25(34)32-30-16-17-8-14-20(15-9-17)38-27(35)18-10-12-19(29)13-11-18/h8-16H,2-7H2,1H3,(H,31,33)(H,32,34)/b30-16+. The molecular formula is C28H26ClN3O6S. The number of ether oxygens (including phenoxy) is 2. The Morgan fingerprint density at radius 1 is 0.949 bits per heavy atom. The highest BCUT2D eigenvalue weighted by Crippen LogP contribution is 2.38. The molecule has 2 aromatic carbocycles. The van der Waals surface area contributed by atoms with Crippen molar-refractivity contribution in [1.29, 1.82) is 0 Å². The minimum absolute atomic E-state index is 0.206. The Labute approximate surface area is 234 Å². The van der Waals surface area contributed by atoms with Crippen LogP contribution in [0.15, 0.2) is 53.6 Å². The van der Waals surface area contributed by atoms with Gasteiger partial charge >= 0.3 is 23.8 Å². The molecule has 0 fully saturated rings. The van der Waals surface area contributed by atoms with Crippen molar-refractivity contribution in [3.63, 3.8) is 0 Å². The maximum absolute atomic E-state index is 12.6. The van der Waals surface area contributed by atoms with E-state index in [0.717, 1.165) is 42.5 Å². The summed E-state index contributed by atoms with van der Waals surface area (Å²) in [4.78, 5) is 50.8. The van der Waals surface area contributed by atoms with Crippen LogP contribution in [0.2, 0.25) is 5.02 Å². The molecule has 1 aliphatic carbocycles. The summed E-state index contributed by atoms with van der Waals surface area (Å²) in [6.07, 6.45) is 5.91. The topological polar surface area (TPSA) is 123 Å². The molecule has 0 radical (unpaired) electrons. The molecule has 1 heterocycles. The van der Waals surface area contributed by atoms with Crippen molar-refractivity contribution >= 4 is 57.9 Å². The molecule has 9 nitrogen and oxygen atoms in total. The van der Waals surface area contributed by atoms with E-state index in [-0.39, 0.29) is 6.61 Å². The lowest BCUT2D eigenvalue weighted by Gasteiger charge is -2.08. The first-order chi connectivity index (χ1) is 18.9. The monoisotopic (exact) mass is 567 g/mol. The number of rotatable bonds is 7. The SMILES string of the molecule is CCOC(=O)c1c(NC(=O)C(=O)N/N=C/c2ccc(OC(=O)c3ccc(Cl)cc3)cc2)sc2c1CCCCC2. The number of benzene rings is 2. The van der Waals surface area contributed by atoms with Gasteiger partial charge in [0.05, 0.1) is 23.9 Å². The van der Waals surface area contributed by atoms with Gasteiger partial charge in [0.2, 0.25) is 0 Å². The summed E-state index contributed by atoms with van der Waals surface area (Å²) in [5.74, 6) is -2.65. The first-order valence-electron chi connectivity index (χ1n) is 12.4. The number of nitrogens with one attached hydrogen (secondary N) is 2. The Balaban J connectivity index is 1.34. The molecular weight excluding hydrogens is 542 g/mol. The number of nitrogens with zero attached hydrogens (tertiary/aromatic N) is 1. The van der Waals surface area contributed by atoms with Gasteiger partial charge in [-0.1, -0.05) is 18.0 Å². The molecule has 0 spiro atoms. The zero-order chi connectivity index (χ0) is 27.8. The average Bonchev–Trinajstić information content (AvgIpc) is 3.10. The number of halogens is 1. The van der Waals surface area contributed by atoms with Crippen molar-refractivity contribution in [3.8, 4) is 5.75 Å². The van der Waals surface area contributed by atoms with Crippen LogP contribution in [0.3, 0.4) is 0 Å². The third-order valence-corrected chi connectivity index (χ3v) is 7.34. The summed E-state index contributed by atoms with van der Waals surface area (Å²) in [7, 11) is 0. The van der Waals surface area contributed by atoms with E-state index in [9.17, 15) is 19.2 Å². The number of anilines is 1. The number of esters is 2. The average molecular weight is 568 g/mol. The molecule has 202 valence electrons. The van der Waals surface area contributed by atoms with Crippen molar-refractivity contribution in [2.75, 3.05) is 11.9 Å². The summed E-state index contributed by atoms with van der Waals surface area (Å²) in [6, 6.07) is 12.7. The lowest BCUT2D eigenvalue weighted by atomic mass is 10.1. The van der Waals surface area contributed by atoms with Crippen LogP contribution in [0.4, 0.5) is 5.00 Å². The van der Waals surface area contributed by atoms with E-state index >= 15 is 0 Å². The molecule has 0 atom stereocenters. The van der Waals surface area contributed by atoms with Crippen LogP contribution in [-0.2, 0) is 27.2 Å². The van der Waals surface area contributed by atoms with Crippen LogP contribution in [0.5, 0.6) is 5.75 Å². The number of amides is 2. The molecule has 0 unspecified atom stereocenters. The Morgan fingerprint density at radius 2 is 1.67 bits per heavy atom. The van der Waals surface area contributed by atoms with Gasteiger partial charge in [-0.25, -0.2) is 15.0 Å². The molecule has 1 aliphatic rings. The molecule has 11 heteroatoms. The summed E-state index contributed by atoms with van der Waals surface area (Å²) in [5, 5.41) is 7.21. The fourth-order valence-corrected chi connectivity index (χ4v) is 5.40. The molecule has 2 amide bonds. The quantitative estimate of drug-likeness (QED) is 0.102. The zero-order valence-corrected chi connectivity index (χ0v) is 22.7. The van der Waals surface area contributed by atoms with Crippen LogP contribution in [0.1, 0.15) is 62.9 Å². The first kappa shape index (κ1) is 28.0. The Hall–Kier alpha value is -4.02. The summed E-state index contributed by atoms with van der Waals surface area (Å²) in [6.45, 7) is 1.92. The van der Waals surface area contributed by atoms with E-state index in [1.54, 1.807) is 55.5 Å². The fourth-order valence-electron chi connectivity index (χ4n) is 4.00. The Bertz CT molecular complexity index is 1400. The number of carbonyl (C=O) groups excluding carboxylic acids is 4. The number of hydrogen-bond donors (Lipinski definition) is 2.